The second-order valence-electron chi connectivity index (χ2n) is 5.96. The molecule has 0 spiro atoms. The Kier molecular flexibility index (Phi) is 6.53. The lowest BCUT2D eigenvalue weighted by Crippen LogP contribution is -2.44. The van der Waals surface area contributed by atoms with Gasteiger partial charge in [0.1, 0.15) is 27.7 Å². The summed E-state index contributed by atoms with van der Waals surface area (Å²) in [5, 5.41) is 0.701. The van der Waals surface area contributed by atoms with Crippen molar-refractivity contribution in [1.29, 1.82) is 0 Å². The molecule has 2 atom stereocenters. The molecule has 150 valence electrons. The van der Waals surface area contributed by atoms with Crippen molar-refractivity contribution in [2.75, 3.05) is 7.11 Å². The first-order chi connectivity index (χ1) is 13.2. The number of para-hydroxylation sites is 1. The molecule has 0 saturated heterocycles. The van der Waals surface area contributed by atoms with Gasteiger partial charge >= 0.3 is 6.18 Å². The summed E-state index contributed by atoms with van der Waals surface area (Å²) < 4.78 is 62.2. The first kappa shape index (κ1) is 21.4. The molecule has 2 unspecified atom stereocenters. The number of rotatable bonds is 6. The van der Waals surface area contributed by atoms with E-state index in [0.717, 1.165) is 5.52 Å². The summed E-state index contributed by atoms with van der Waals surface area (Å²) in [5.41, 5.74) is 1.24. The predicted octanol–water partition coefficient (Wildman–Crippen LogP) is 5.49. The van der Waals surface area contributed by atoms with E-state index < -0.39 is 23.2 Å². The molecule has 3 aromatic rings. The van der Waals surface area contributed by atoms with Gasteiger partial charge in [0.25, 0.3) is 0 Å². The third kappa shape index (κ3) is 4.61. The van der Waals surface area contributed by atoms with Gasteiger partial charge in [0, 0.05) is 26.0 Å². The van der Waals surface area contributed by atoms with Crippen LogP contribution in [-0.4, -0.2) is 28.5 Å². The quantitative estimate of drug-likeness (QED) is 0.435. The third-order valence-corrected chi connectivity index (χ3v) is 6.76. The fourth-order valence-electron chi connectivity index (χ4n) is 2.80. The first-order valence-electron chi connectivity index (χ1n) is 8.03. The van der Waals surface area contributed by atoms with Crippen molar-refractivity contribution < 1.29 is 22.1 Å². The summed E-state index contributed by atoms with van der Waals surface area (Å²) in [7, 11) is -0.796. The third-order valence-electron chi connectivity index (χ3n) is 4.12. The van der Waals surface area contributed by atoms with Gasteiger partial charge in [0.05, 0.1) is 7.11 Å². The maximum absolute atomic E-state index is 13.7. The Labute approximate surface area is 178 Å². The normalized spacial score (nSPS) is 14.2. The maximum atomic E-state index is 13.7. The van der Waals surface area contributed by atoms with Gasteiger partial charge < -0.3 is 9.72 Å². The minimum absolute atomic E-state index is 0.110. The van der Waals surface area contributed by atoms with E-state index in [1.807, 2.05) is 0 Å². The number of ether oxygens (including phenoxy) is 1. The molecule has 0 amide bonds. The molecule has 0 aliphatic rings. The summed E-state index contributed by atoms with van der Waals surface area (Å²) in [5.74, 6) is 0.208. The molecule has 0 aliphatic heterocycles. The Hall–Kier alpha value is -1.36. The van der Waals surface area contributed by atoms with Crippen LogP contribution in [0, 0.1) is 0 Å². The van der Waals surface area contributed by atoms with Gasteiger partial charge in [-0.15, -0.1) is 0 Å². The largest absolute Gasteiger partial charge is 0.495 e. The van der Waals surface area contributed by atoms with Gasteiger partial charge in [0.15, 0.2) is 0 Å². The SMILES string of the molecule is COc1cc(Br)cc(Br)c1S(=O)NC(Cc1c[nH]c2ccccc12)C(F)(F)F. The summed E-state index contributed by atoms with van der Waals surface area (Å²) in [6.07, 6.45) is -3.41. The van der Waals surface area contributed by atoms with Crippen LogP contribution in [0.4, 0.5) is 13.2 Å². The topological polar surface area (TPSA) is 54.1 Å². The number of hydrogen-bond acceptors (Lipinski definition) is 2. The van der Waals surface area contributed by atoms with Gasteiger partial charge in [0.2, 0.25) is 0 Å². The molecule has 1 aromatic heterocycles. The van der Waals surface area contributed by atoms with E-state index >= 15 is 0 Å². The number of methoxy groups -OCH3 is 1. The Bertz CT molecular complexity index is 1020. The van der Waals surface area contributed by atoms with Gasteiger partial charge in [-0.25, -0.2) is 8.93 Å². The van der Waals surface area contributed by atoms with E-state index in [-0.39, 0.29) is 17.1 Å². The lowest BCUT2D eigenvalue weighted by molar-refractivity contribution is -0.150. The molecule has 0 fully saturated rings. The zero-order valence-electron chi connectivity index (χ0n) is 14.4. The average molecular weight is 540 g/mol. The minimum Gasteiger partial charge on any atom is -0.495 e. The van der Waals surface area contributed by atoms with Crippen molar-refractivity contribution >= 4 is 53.7 Å². The molecule has 28 heavy (non-hydrogen) atoms. The van der Waals surface area contributed by atoms with Crippen molar-refractivity contribution in [3.63, 3.8) is 0 Å². The van der Waals surface area contributed by atoms with Crippen LogP contribution in [0.2, 0.25) is 0 Å². The average Bonchev–Trinajstić information content (AvgIpc) is 3.02. The van der Waals surface area contributed by atoms with Crippen molar-refractivity contribution in [1.82, 2.24) is 9.71 Å². The van der Waals surface area contributed by atoms with Crippen molar-refractivity contribution in [2.45, 2.75) is 23.5 Å². The number of nitrogens with one attached hydrogen (secondary N) is 2. The van der Waals surface area contributed by atoms with Crippen LogP contribution in [0.3, 0.4) is 0 Å². The number of H-pyrrole nitrogens is 1. The fraction of sp³-hybridized carbons (Fsp3) is 0.222. The molecule has 2 N–H and O–H groups in total. The number of halogens is 5. The highest BCUT2D eigenvalue weighted by atomic mass is 79.9. The summed E-state index contributed by atoms with van der Waals surface area (Å²) >= 11 is 6.51. The van der Waals surface area contributed by atoms with E-state index in [2.05, 4.69) is 41.6 Å². The summed E-state index contributed by atoms with van der Waals surface area (Å²) in [6.45, 7) is 0. The smallest absolute Gasteiger partial charge is 0.405 e. The lowest BCUT2D eigenvalue weighted by atomic mass is 10.1. The van der Waals surface area contributed by atoms with Crippen molar-refractivity contribution in [3.8, 4) is 5.75 Å². The highest BCUT2D eigenvalue weighted by molar-refractivity contribution is 9.11. The zero-order chi connectivity index (χ0) is 20.5. The molecular weight excluding hydrogens is 525 g/mol. The molecule has 0 aliphatic carbocycles. The van der Waals surface area contributed by atoms with Crippen molar-refractivity contribution in [3.05, 3.63) is 57.1 Å². The Morgan fingerprint density at radius 3 is 2.64 bits per heavy atom. The Morgan fingerprint density at radius 1 is 1.25 bits per heavy atom. The molecule has 1 heterocycles. The van der Waals surface area contributed by atoms with Crippen LogP contribution in [-0.2, 0) is 17.4 Å². The van der Waals surface area contributed by atoms with Crippen LogP contribution in [0.25, 0.3) is 10.9 Å². The second-order valence-corrected chi connectivity index (χ2v) is 8.91. The van der Waals surface area contributed by atoms with Crippen LogP contribution in [0.15, 0.2) is 56.4 Å². The van der Waals surface area contributed by atoms with E-state index in [0.29, 0.717) is 19.9 Å². The van der Waals surface area contributed by atoms with Crippen LogP contribution >= 0.6 is 31.9 Å². The van der Waals surface area contributed by atoms with Gasteiger partial charge in [-0.2, -0.15) is 13.2 Å². The number of aromatic nitrogens is 1. The highest BCUT2D eigenvalue weighted by Gasteiger charge is 2.41. The van der Waals surface area contributed by atoms with Crippen LogP contribution < -0.4 is 9.46 Å². The number of alkyl halides is 3. The zero-order valence-corrected chi connectivity index (χ0v) is 18.4. The Morgan fingerprint density at radius 2 is 1.96 bits per heavy atom. The van der Waals surface area contributed by atoms with E-state index in [9.17, 15) is 17.4 Å². The summed E-state index contributed by atoms with van der Waals surface area (Å²) in [4.78, 5) is 3.07. The Balaban J connectivity index is 1.91. The van der Waals surface area contributed by atoms with E-state index in [1.54, 1.807) is 42.6 Å². The highest BCUT2D eigenvalue weighted by Crippen LogP contribution is 2.35. The lowest BCUT2D eigenvalue weighted by Gasteiger charge is -2.22. The number of benzene rings is 2. The molecule has 0 radical (unpaired) electrons. The van der Waals surface area contributed by atoms with E-state index in [1.165, 1.54) is 7.11 Å². The predicted molar refractivity (Wildman–Crippen MR) is 110 cm³/mol. The van der Waals surface area contributed by atoms with Crippen LogP contribution in [0.1, 0.15) is 5.56 Å². The maximum Gasteiger partial charge on any atom is 0.405 e. The molecule has 10 heteroatoms. The van der Waals surface area contributed by atoms with Gasteiger partial charge in [-0.3, -0.25) is 0 Å². The van der Waals surface area contributed by atoms with Crippen LogP contribution in [0.5, 0.6) is 5.75 Å². The number of fused-ring (bicyclic) bond motifs is 1. The number of hydrogen-bond donors (Lipinski definition) is 2. The summed E-state index contributed by atoms with van der Waals surface area (Å²) in [6, 6.07) is 8.23. The number of aromatic amines is 1. The van der Waals surface area contributed by atoms with Gasteiger partial charge in [-0.1, -0.05) is 34.1 Å². The molecule has 3 rings (SSSR count). The van der Waals surface area contributed by atoms with Crippen molar-refractivity contribution in [2.24, 2.45) is 0 Å². The molecular formula is C18H15Br2F3N2O2S. The second kappa shape index (κ2) is 8.56. The monoisotopic (exact) mass is 538 g/mol. The molecule has 0 saturated carbocycles. The van der Waals surface area contributed by atoms with E-state index in [4.69, 9.17) is 4.74 Å². The molecule has 2 aromatic carbocycles. The fourth-order valence-corrected chi connectivity index (χ4v) is 5.58. The molecule has 4 nitrogen and oxygen atoms in total. The first-order valence-corrected chi connectivity index (χ1v) is 10.8. The van der Waals surface area contributed by atoms with Gasteiger partial charge in [-0.05, 0) is 46.1 Å². The minimum atomic E-state index is -4.59. The molecule has 0 bridgehead atoms. The standard InChI is InChI=1S/C18H15Br2F3N2O2S/c1-27-15-8-11(19)7-13(20)17(15)28(26)25-16(18(21,22)23)6-10-9-24-14-5-3-2-4-12(10)14/h2-5,7-9,16,24-25H,6H2,1H3.